The summed E-state index contributed by atoms with van der Waals surface area (Å²) in [6.07, 6.45) is 6.06. The second-order valence-corrected chi connectivity index (χ2v) is 9.72. The number of carbonyl (C=O) groups is 2. The number of nitrogens with zero attached hydrogens (tertiary/aromatic N) is 1. The first kappa shape index (κ1) is 23.3. The van der Waals surface area contributed by atoms with Crippen LogP contribution in [0.1, 0.15) is 56.4 Å². The van der Waals surface area contributed by atoms with Crippen LogP contribution in [0.15, 0.2) is 35.9 Å². The summed E-state index contributed by atoms with van der Waals surface area (Å²) in [5.74, 6) is -0.205. The van der Waals surface area contributed by atoms with Gasteiger partial charge in [0.25, 0.3) is 5.91 Å². The molecule has 5 atom stereocenters. The molecule has 3 N–H and O–H groups in total. The van der Waals surface area contributed by atoms with Gasteiger partial charge in [0.1, 0.15) is 24.1 Å². The van der Waals surface area contributed by atoms with Gasteiger partial charge in [0.05, 0.1) is 18.6 Å². The molecule has 0 aromatic heterocycles. The number of amides is 2. The summed E-state index contributed by atoms with van der Waals surface area (Å²) in [7, 11) is 0. The van der Waals surface area contributed by atoms with Crippen LogP contribution >= 0.6 is 0 Å². The molecule has 2 heterocycles. The van der Waals surface area contributed by atoms with Crippen LogP contribution in [0.2, 0.25) is 0 Å². The van der Waals surface area contributed by atoms with Gasteiger partial charge in [0.15, 0.2) is 0 Å². The van der Waals surface area contributed by atoms with Crippen molar-refractivity contribution in [3.8, 4) is 5.75 Å². The molecule has 2 aliphatic heterocycles. The van der Waals surface area contributed by atoms with Gasteiger partial charge in [-0.25, -0.2) is 0 Å². The van der Waals surface area contributed by atoms with Crippen molar-refractivity contribution in [3.05, 3.63) is 41.5 Å². The molecule has 8 nitrogen and oxygen atoms in total. The molecule has 0 radical (unpaired) electrons. The fourth-order valence-corrected chi connectivity index (χ4v) is 6.03. The molecule has 4 aliphatic rings. The van der Waals surface area contributed by atoms with Crippen molar-refractivity contribution in [2.45, 2.75) is 81.3 Å². The summed E-state index contributed by atoms with van der Waals surface area (Å²) >= 11 is 0. The summed E-state index contributed by atoms with van der Waals surface area (Å²) in [4.78, 5) is 28.8. The zero-order valence-corrected chi connectivity index (χ0v) is 19.4. The van der Waals surface area contributed by atoms with E-state index in [1.165, 1.54) is 0 Å². The lowest BCUT2D eigenvalue weighted by molar-refractivity contribution is -0.151. The zero-order chi connectivity index (χ0) is 23.7. The Balaban J connectivity index is 1.54. The topological polar surface area (TPSA) is 108 Å². The summed E-state index contributed by atoms with van der Waals surface area (Å²) in [5, 5.41) is 23.6. The number of para-hydroxylation sites is 1. The van der Waals surface area contributed by atoms with E-state index in [9.17, 15) is 19.8 Å². The number of aliphatic hydroxyl groups excluding tert-OH is 2. The Labute approximate surface area is 199 Å². The number of nitrogens with one attached hydrogen (secondary N) is 1. The van der Waals surface area contributed by atoms with Gasteiger partial charge < -0.3 is 29.9 Å². The molecular formula is C26H34N2O6. The largest absolute Gasteiger partial charge is 0.486 e. The minimum atomic E-state index is -0.987. The molecule has 5 rings (SSSR count). The monoisotopic (exact) mass is 470 g/mol. The third-order valence-corrected chi connectivity index (χ3v) is 7.63. The van der Waals surface area contributed by atoms with Gasteiger partial charge in [-0.2, -0.15) is 0 Å². The Kier molecular flexibility index (Phi) is 6.90. The third-order valence-electron chi connectivity index (χ3n) is 7.63. The lowest BCUT2D eigenvalue weighted by atomic mass is 9.76. The van der Waals surface area contributed by atoms with Gasteiger partial charge in [0.2, 0.25) is 5.91 Å². The Hall–Kier alpha value is -2.42. The highest BCUT2D eigenvalue weighted by molar-refractivity contribution is 5.96. The highest BCUT2D eigenvalue weighted by Gasteiger charge is 2.52. The van der Waals surface area contributed by atoms with Crippen molar-refractivity contribution >= 4 is 11.8 Å². The van der Waals surface area contributed by atoms with Gasteiger partial charge >= 0.3 is 0 Å². The average Bonchev–Trinajstić information content (AvgIpc) is 3.53. The molecule has 1 unspecified atom stereocenters. The molecule has 0 spiro atoms. The van der Waals surface area contributed by atoms with Crippen LogP contribution in [0.3, 0.4) is 0 Å². The summed E-state index contributed by atoms with van der Waals surface area (Å²) in [6.45, 7) is 0.526. The van der Waals surface area contributed by atoms with Gasteiger partial charge in [-0.3, -0.25) is 9.59 Å². The molecule has 34 heavy (non-hydrogen) atoms. The van der Waals surface area contributed by atoms with E-state index in [2.05, 4.69) is 5.32 Å². The molecule has 184 valence electrons. The minimum Gasteiger partial charge on any atom is -0.486 e. The highest BCUT2D eigenvalue weighted by atomic mass is 16.5. The maximum absolute atomic E-state index is 13.7. The second kappa shape index (κ2) is 10.1. The van der Waals surface area contributed by atoms with E-state index < -0.39 is 30.3 Å². The normalized spacial score (nSPS) is 30.6. The lowest BCUT2D eigenvalue weighted by Crippen LogP contribution is -2.60. The van der Waals surface area contributed by atoms with E-state index >= 15 is 0 Å². The predicted molar refractivity (Wildman–Crippen MR) is 124 cm³/mol. The molecule has 2 amide bonds. The van der Waals surface area contributed by atoms with Crippen LogP contribution in [0.4, 0.5) is 0 Å². The van der Waals surface area contributed by atoms with E-state index in [0.29, 0.717) is 24.4 Å². The number of rotatable bonds is 6. The van der Waals surface area contributed by atoms with Crippen LogP contribution in [0, 0.1) is 0 Å². The van der Waals surface area contributed by atoms with E-state index in [-0.39, 0.29) is 31.0 Å². The summed E-state index contributed by atoms with van der Waals surface area (Å²) in [5.41, 5.74) is 1.32. The smallest absolute Gasteiger partial charge is 0.252 e. The molecule has 2 fully saturated rings. The van der Waals surface area contributed by atoms with Crippen LogP contribution < -0.4 is 10.1 Å². The lowest BCUT2D eigenvalue weighted by Gasteiger charge is -2.45. The number of hydrogen-bond donors (Lipinski definition) is 3. The van der Waals surface area contributed by atoms with Gasteiger partial charge in [-0.15, -0.1) is 0 Å². The fourth-order valence-electron chi connectivity index (χ4n) is 6.03. The number of aliphatic hydroxyl groups is 2. The first-order valence-corrected chi connectivity index (χ1v) is 12.6. The van der Waals surface area contributed by atoms with Crippen LogP contribution in [-0.4, -0.2) is 77.1 Å². The molecule has 0 bridgehead atoms. The molecular weight excluding hydrogens is 436 g/mol. The SMILES string of the molecule is O=C(NCCO)C1=C[C@@H](N(C(=O)C2CCCO2)C2CCCCC2)[C@H](O)[C@H]2Oc3ccccc3[C@@H]12. The maximum Gasteiger partial charge on any atom is 0.252 e. The van der Waals surface area contributed by atoms with E-state index in [4.69, 9.17) is 9.47 Å². The van der Waals surface area contributed by atoms with Crippen LogP contribution in [0.25, 0.3) is 0 Å². The molecule has 1 aromatic carbocycles. The number of benzene rings is 1. The third kappa shape index (κ3) is 4.23. The van der Waals surface area contributed by atoms with Crippen molar-refractivity contribution in [1.82, 2.24) is 10.2 Å². The van der Waals surface area contributed by atoms with E-state index in [1.807, 2.05) is 29.2 Å². The van der Waals surface area contributed by atoms with E-state index in [0.717, 1.165) is 44.1 Å². The molecule has 2 aliphatic carbocycles. The second-order valence-electron chi connectivity index (χ2n) is 9.72. The first-order chi connectivity index (χ1) is 16.6. The molecule has 1 saturated carbocycles. The highest BCUT2D eigenvalue weighted by Crippen LogP contribution is 2.47. The standard InChI is InChI=1S/C26H34N2O6/c29-13-12-27-25(31)18-15-19(23(30)24-22(18)17-9-4-5-10-20(17)34-24)28(16-7-2-1-3-8-16)26(32)21-11-6-14-33-21/h4-5,9-10,15-16,19,21-24,29-30H,1-3,6-8,11-14H2,(H,27,31)/t19-,21?,22+,23+,24+/m1/s1. The van der Waals surface area contributed by atoms with Gasteiger partial charge in [-0.1, -0.05) is 37.5 Å². The fraction of sp³-hybridized carbons (Fsp3) is 0.615. The minimum absolute atomic E-state index is 0.0107. The van der Waals surface area contributed by atoms with Crippen molar-refractivity contribution in [2.24, 2.45) is 0 Å². The van der Waals surface area contributed by atoms with Gasteiger partial charge in [-0.05, 0) is 37.8 Å². The van der Waals surface area contributed by atoms with Crippen molar-refractivity contribution in [2.75, 3.05) is 19.8 Å². The van der Waals surface area contributed by atoms with Crippen molar-refractivity contribution in [1.29, 1.82) is 0 Å². The number of hydrogen-bond acceptors (Lipinski definition) is 6. The van der Waals surface area contributed by atoms with Crippen molar-refractivity contribution in [3.63, 3.8) is 0 Å². The molecule has 8 heteroatoms. The Morgan fingerprint density at radius 3 is 2.62 bits per heavy atom. The Morgan fingerprint density at radius 2 is 1.88 bits per heavy atom. The van der Waals surface area contributed by atoms with Gasteiger partial charge in [0, 0.05) is 30.3 Å². The van der Waals surface area contributed by atoms with Crippen LogP contribution in [0.5, 0.6) is 5.75 Å². The summed E-state index contributed by atoms with van der Waals surface area (Å²) in [6, 6.07) is 6.81. The van der Waals surface area contributed by atoms with Crippen LogP contribution in [-0.2, 0) is 14.3 Å². The quantitative estimate of drug-likeness (QED) is 0.584. The molecule has 1 aromatic rings. The maximum atomic E-state index is 13.7. The zero-order valence-electron chi connectivity index (χ0n) is 19.4. The average molecular weight is 471 g/mol. The number of carbonyl (C=O) groups excluding carboxylic acids is 2. The number of fused-ring (bicyclic) bond motifs is 3. The first-order valence-electron chi connectivity index (χ1n) is 12.6. The van der Waals surface area contributed by atoms with Crippen molar-refractivity contribution < 1.29 is 29.3 Å². The predicted octanol–water partition coefficient (Wildman–Crippen LogP) is 1.65. The number of ether oxygens (including phenoxy) is 2. The Bertz CT molecular complexity index is 937. The molecule has 1 saturated heterocycles. The Morgan fingerprint density at radius 1 is 1.09 bits per heavy atom. The summed E-state index contributed by atoms with van der Waals surface area (Å²) < 4.78 is 11.9. The van der Waals surface area contributed by atoms with E-state index in [1.54, 1.807) is 6.08 Å².